The van der Waals surface area contributed by atoms with Crippen molar-refractivity contribution >= 4 is 21.8 Å². The molecule has 0 unspecified atom stereocenters. The molecule has 0 aliphatic rings. The van der Waals surface area contributed by atoms with Gasteiger partial charge in [0.15, 0.2) is 0 Å². The molecule has 5 nitrogen and oxygen atoms in total. The quantitative estimate of drug-likeness (QED) is 0.644. The van der Waals surface area contributed by atoms with Crippen molar-refractivity contribution in [3.05, 3.63) is 52.0 Å². The summed E-state index contributed by atoms with van der Waals surface area (Å²) in [6, 6.07) is 11.5. The van der Waals surface area contributed by atoms with Crippen LogP contribution in [0.15, 0.2) is 40.9 Å². The zero-order chi connectivity index (χ0) is 19.1. The van der Waals surface area contributed by atoms with Crippen molar-refractivity contribution in [3.8, 4) is 17.2 Å². The molecule has 6 heteroatoms. The molecule has 0 saturated heterocycles. The van der Waals surface area contributed by atoms with Gasteiger partial charge in [-0.3, -0.25) is 4.79 Å². The Hall–Kier alpha value is -2.21. The second-order valence-corrected chi connectivity index (χ2v) is 6.66. The van der Waals surface area contributed by atoms with Gasteiger partial charge in [0.1, 0.15) is 17.2 Å². The average molecular weight is 422 g/mol. The Labute approximate surface area is 163 Å². The number of hydrogen-bond acceptors (Lipinski definition) is 4. The van der Waals surface area contributed by atoms with E-state index in [1.54, 1.807) is 33.2 Å². The van der Waals surface area contributed by atoms with Crippen molar-refractivity contribution in [1.29, 1.82) is 0 Å². The van der Waals surface area contributed by atoms with E-state index in [1.165, 1.54) is 0 Å². The lowest BCUT2D eigenvalue weighted by molar-refractivity contribution is -0.129. The maximum absolute atomic E-state index is 12.1. The number of para-hydroxylation sites is 1. The van der Waals surface area contributed by atoms with Crippen molar-refractivity contribution < 1.29 is 19.0 Å². The summed E-state index contributed by atoms with van der Waals surface area (Å²) in [6.07, 6.45) is 0.654. The van der Waals surface area contributed by atoms with E-state index in [4.69, 9.17) is 14.2 Å². The third kappa shape index (κ3) is 4.91. The molecule has 0 bridgehead atoms. The van der Waals surface area contributed by atoms with E-state index < -0.39 is 0 Å². The van der Waals surface area contributed by atoms with Crippen LogP contribution in [0.2, 0.25) is 0 Å². The number of halogens is 1. The van der Waals surface area contributed by atoms with Crippen LogP contribution in [-0.2, 0) is 17.8 Å². The highest BCUT2D eigenvalue weighted by atomic mass is 79.9. The molecular formula is C20H24BrNO4. The SMILES string of the molecule is COc1cc(CCN(Cc2ccccc2OC)C(C)=O)c(OC)cc1Br. The molecule has 0 spiro atoms. The number of carbonyl (C=O) groups excluding carboxylic acids is 1. The fraction of sp³-hybridized carbons (Fsp3) is 0.350. The van der Waals surface area contributed by atoms with Gasteiger partial charge in [-0.15, -0.1) is 0 Å². The van der Waals surface area contributed by atoms with Gasteiger partial charge < -0.3 is 19.1 Å². The van der Waals surface area contributed by atoms with Crippen LogP contribution in [0.25, 0.3) is 0 Å². The summed E-state index contributed by atoms with van der Waals surface area (Å²) in [4.78, 5) is 13.9. The van der Waals surface area contributed by atoms with Crippen LogP contribution >= 0.6 is 15.9 Å². The molecule has 0 aliphatic carbocycles. The summed E-state index contributed by atoms with van der Waals surface area (Å²) >= 11 is 3.46. The molecule has 0 aliphatic heterocycles. The smallest absolute Gasteiger partial charge is 0.219 e. The van der Waals surface area contributed by atoms with E-state index in [-0.39, 0.29) is 5.91 Å². The monoisotopic (exact) mass is 421 g/mol. The Morgan fingerprint density at radius 2 is 1.62 bits per heavy atom. The molecular weight excluding hydrogens is 398 g/mol. The highest BCUT2D eigenvalue weighted by Crippen LogP contribution is 2.33. The maximum Gasteiger partial charge on any atom is 0.219 e. The molecule has 0 aromatic heterocycles. The van der Waals surface area contributed by atoms with E-state index in [2.05, 4.69) is 15.9 Å². The largest absolute Gasteiger partial charge is 0.496 e. The first-order valence-electron chi connectivity index (χ1n) is 8.28. The predicted molar refractivity (Wildman–Crippen MR) is 105 cm³/mol. The standard InChI is InChI=1S/C20H24BrNO4/c1-14(23)22(13-16-7-5-6-8-18(16)24-2)10-9-15-11-20(26-4)17(21)12-19(15)25-3/h5-8,11-12H,9-10,13H2,1-4H3. The highest BCUT2D eigenvalue weighted by Gasteiger charge is 2.15. The number of carbonyl (C=O) groups is 1. The van der Waals surface area contributed by atoms with Crippen LogP contribution in [0, 0.1) is 0 Å². The van der Waals surface area contributed by atoms with Gasteiger partial charge in [-0.05, 0) is 46.1 Å². The van der Waals surface area contributed by atoms with Gasteiger partial charge in [0.05, 0.1) is 25.8 Å². The highest BCUT2D eigenvalue weighted by molar-refractivity contribution is 9.10. The minimum Gasteiger partial charge on any atom is -0.496 e. The van der Waals surface area contributed by atoms with Crippen molar-refractivity contribution in [2.75, 3.05) is 27.9 Å². The van der Waals surface area contributed by atoms with Crippen LogP contribution < -0.4 is 14.2 Å². The summed E-state index contributed by atoms with van der Waals surface area (Å²) in [5.41, 5.74) is 1.96. The van der Waals surface area contributed by atoms with Gasteiger partial charge in [0.25, 0.3) is 0 Å². The zero-order valence-electron chi connectivity index (χ0n) is 15.5. The Kier molecular flexibility index (Phi) is 7.33. The van der Waals surface area contributed by atoms with Gasteiger partial charge in [-0.2, -0.15) is 0 Å². The predicted octanol–water partition coefficient (Wildman–Crippen LogP) is 4.07. The zero-order valence-corrected chi connectivity index (χ0v) is 17.1. The summed E-state index contributed by atoms with van der Waals surface area (Å²) < 4.78 is 17.1. The molecule has 1 amide bonds. The lowest BCUT2D eigenvalue weighted by Gasteiger charge is -2.23. The number of hydrogen-bond donors (Lipinski definition) is 0. The van der Waals surface area contributed by atoms with Crippen LogP contribution in [0.4, 0.5) is 0 Å². The molecule has 2 aromatic rings. The van der Waals surface area contributed by atoms with Gasteiger partial charge in [0.2, 0.25) is 5.91 Å². The molecule has 140 valence electrons. The van der Waals surface area contributed by atoms with Gasteiger partial charge in [-0.25, -0.2) is 0 Å². The summed E-state index contributed by atoms with van der Waals surface area (Å²) in [7, 11) is 4.89. The van der Waals surface area contributed by atoms with Gasteiger partial charge >= 0.3 is 0 Å². The Morgan fingerprint density at radius 1 is 0.962 bits per heavy atom. The molecule has 26 heavy (non-hydrogen) atoms. The minimum atomic E-state index is 0.0129. The maximum atomic E-state index is 12.1. The van der Waals surface area contributed by atoms with Crippen molar-refractivity contribution in [1.82, 2.24) is 4.90 Å². The summed E-state index contributed by atoms with van der Waals surface area (Å²) in [5, 5.41) is 0. The molecule has 0 N–H and O–H groups in total. The van der Waals surface area contributed by atoms with Crippen molar-refractivity contribution in [2.45, 2.75) is 19.9 Å². The molecule has 2 rings (SSSR count). The first-order chi connectivity index (χ1) is 12.5. The Morgan fingerprint density at radius 3 is 2.23 bits per heavy atom. The number of methoxy groups -OCH3 is 3. The number of amides is 1. The van der Waals surface area contributed by atoms with E-state index in [0.717, 1.165) is 32.8 Å². The number of benzene rings is 2. The third-order valence-electron chi connectivity index (χ3n) is 4.20. The molecule has 0 heterocycles. The second kappa shape index (κ2) is 9.48. The average Bonchev–Trinajstić information content (AvgIpc) is 2.65. The normalized spacial score (nSPS) is 10.3. The lowest BCUT2D eigenvalue weighted by atomic mass is 10.1. The minimum absolute atomic E-state index is 0.0129. The van der Waals surface area contributed by atoms with Crippen molar-refractivity contribution in [3.63, 3.8) is 0 Å². The Bertz CT molecular complexity index is 763. The number of nitrogens with zero attached hydrogens (tertiary/aromatic N) is 1. The molecule has 2 aromatic carbocycles. The first kappa shape index (κ1) is 20.1. The third-order valence-corrected chi connectivity index (χ3v) is 4.82. The van der Waals surface area contributed by atoms with Crippen LogP contribution in [0.3, 0.4) is 0 Å². The van der Waals surface area contributed by atoms with Crippen LogP contribution in [0.1, 0.15) is 18.1 Å². The summed E-state index contributed by atoms with van der Waals surface area (Å²) in [5.74, 6) is 2.29. The number of rotatable bonds is 8. The van der Waals surface area contributed by atoms with E-state index in [0.29, 0.717) is 19.5 Å². The second-order valence-electron chi connectivity index (χ2n) is 5.80. The fourth-order valence-corrected chi connectivity index (χ4v) is 3.25. The molecule has 0 radical (unpaired) electrons. The molecule has 0 atom stereocenters. The van der Waals surface area contributed by atoms with Gasteiger partial charge in [0, 0.05) is 25.6 Å². The Balaban J connectivity index is 2.18. The van der Waals surface area contributed by atoms with Gasteiger partial charge in [-0.1, -0.05) is 18.2 Å². The first-order valence-corrected chi connectivity index (χ1v) is 9.07. The van der Waals surface area contributed by atoms with E-state index in [1.807, 2.05) is 36.4 Å². The van der Waals surface area contributed by atoms with Crippen molar-refractivity contribution in [2.24, 2.45) is 0 Å². The molecule has 0 saturated carbocycles. The topological polar surface area (TPSA) is 48.0 Å². The van der Waals surface area contributed by atoms with Crippen LogP contribution in [0.5, 0.6) is 17.2 Å². The van der Waals surface area contributed by atoms with E-state index in [9.17, 15) is 4.79 Å². The van der Waals surface area contributed by atoms with E-state index >= 15 is 0 Å². The molecule has 0 fully saturated rings. The fourth-order valence-electron chi connectivity index (χ4n) is 2.76. The van der Waals surface area contributed by atoms with Crippen LogP contribution in [-0.4, -0.2) is 38.7 Å². The summed E-state index contributed by atoms with van der Waals surface area (Å²) in [6.45, 7) is 2.64. The number of ether oxygens (including phenoxy) is 3. The lowest BCUT2D eigenvalue weighted by Crippen LogP contribution is -2.30.